The number of hydrogen-bond donors (Lipinski definition) is 2. The number of nitro benzene ring substituents is 2. The quantitative estimate of drug-likeness (QED) is 0.350. The molecule has 0 aliphatic heterocycles. The number of benzene rings is 2. The summed E-state index contributed by atoms with van der Waals surface area (Å²) in [6, 6.07) is 10.5. The Labute approximate surface area is 209 Å². The van der Waals surface area contributed by atoms with E-state index in [-0.39, 0.29) is 46.2 Å². The van der Waals surface area contributed by atoms with Gasteiger partial charge in [-0.3, -0.25) is 29.8 Å². The van der Waals surface area contributed by atoms with E-state index in [0.29, 0.717) is 11.4 Å². The number of carbonyl (C=O) groups excluding carboxylic acids is 2. The molecule has 4 atom stereocenters. The number of nitrogens with zero attached hydrogens (tertiary/aromatic N) is 4. The van der Waals surface area contributed by atoms with Crippen LogP contribution in [-0.4, -0.2) is 33.1 Å². The molecule has 3 aliphatic rings. The lowest BCUT2D eigenvalue weighted by molar-refractivity contribution is -0.385. The zero-order valence-corrected chi connectivity index (χ0v) is 19.2. The molecule has 37 heavy (non-hydrogen) atoms. The Bertz CT molecular complexity index is 1300. The molecule has 0 saturated heterocycles. The predicted octanol–water partition coefficient (Wildman–Crippen LogP) is 3.38. The molecule has 0 aromatic heterocycles. The van der Waals surface area contributed by atoms with E-state index in [1.807, 2.05) is 0 Å². The van der Waals surface area contributed by atoms with Crippen molar-refractivity contribution in [2.75, 3.05) is 0 Å². The van der Waals surface area contributed by atoms with Crippen molar-refractivity contribution in [1.82, 2.24) is 10.9 Å². The molecular formula is C25H20N6O6. The predicted molar refractivity (Wildman–Crippen MR) is 133 cm³/mol. The van der Waals surface area contributed by atoms with E-state index in [4.69, 9.17) is 0 Å². The molecule has 2 amide bonds. The Hall–Kier alpha value is -5.00. The van der Waals surface area contributed by atoms with Crippen LogP contribution < -0.4 is 10.9 Å². The summed E-state index contributed by atoms with van der Waals surface area (Å²) in [6.45, 7) is 0. The van der Waals surface area contributed by atoms with Crippen LogP contribution in [0.3, 0.4) is 0 Å². The van der Waals surface area contributed by atoms with Crippen LogP contribution >= 0.6 is 0 Å². The number of amides is 2. The molecule has 12 nitrogen and oxygen atoms in total. The Morgan fingerprint density at radius 1 is 0.703 bits per heavy atom. The van der Waals surface area contributed by atoms with Crippen molar-refractivity contribution in [3.05, 3.63) is 104 Å². The lowest BCUT2D eigenvalue weighted by Gasteiger charge is -2.31. The fraction of sp³-hybridized carbons (Fsp3) is 0.200. The van der Waals surface area contributed by atoms with Crippen molar-refractivity contribution >= 4 is 34.6 Å². The second-order valence-electron chi connectivity index (χ2n) is 8.90. The van der Waals surface area contributed by atoms with Crippen LogP contribution in [0, 0.1) is 43.9 Å². The second-order valence-corrected chi connectivity index (χ2v) is 8.90. The molecular weight excluding hydrogens is 480 g/mol. The van der Waals surface area contributed by atoms with Gasteiger partial charge in [-0.15, -0.1) is 0 Å². The highest BCUT2D eigenvalue weighted by molar-refractivity contribution is 6.13. The molecule has 2 N–H and O–H groups in total. The topological polar surface area (TPSA) is 169 Å². The molecule has 2 bridgehead atoms. The maximum atomic E-state index is 12.5. The van der Waals surface area contributed by atoms with Crippen molar-refractivity contribution in [2.24, 2.45) is 33.9 Å². The van der Waals surface area contributed by atoms with Crippen molar-refractivity contribution in [2.45, 2.75) is 6.42 Å². The van der Waals surface area contributed by atoms with Gasteiger partial charge in [0.25, 0.3) is 23.2 Å². The zero-order chi connectivity index (χ0) is 26.1. The second kappa shape index (κ2) is 9.57. The summed E-state index contributed by atoms with van der Waals surface area (Å²) in [5.41, 5.74) is 6.70. The number of fused-ring (bicyclic) bond motifs is 5. The van der Waals surface area contributed by atoms with Gasteiger partial charge in [-0.25, -0.2) is 10.9 Å². The number of nitro groups is 2. The Balaban J connectivity index is 1.32. The van der Waals surface area contributed by atoms with E-state index in [1.165, 1.54) is 48.5 Å². The molecule has 12 heteroatoms. The lowest BCUT2D eigenvalue weighted by Crippen LogP contribution is -2.37. The van der Waals surface area contributed by atoms with E-state index >= 15 is 0 Å². The summed E-state index contributed by atoms with van der Waals surface area (Å²) in [5.74, 6) is -0.614. The minimum atomic E-state index is -0.537. The fourth-order valence-electron chi connectivity index (χ4n) is 5.07. The Kier molecular flexibility index (Phi) is 6.14. The van der Waals surface area contributed by atoms with E-state index in [1.54, 1.807) is 12.2 Å². The van der Waals surface area contributed by atoms with Gasteiger partial charge in [0.2, 0.25) is 0 Å². The summed E-state index contributed by atoms with van der Waals surface area (Å²) in [7, 11) is 0. The minimum Gasteiger partial charge on any atom is -0.267 e. The third-order valence-electron chi connectivity index (χ3n) is 6.82. The van der Waals surface area contributed by atoms with Crippen LogP contribution in [-0.2, 0) is 0 Å². The van der Waals surface area contributed by atoms with Crippen LogP contribution in [0.25, 0.3) is 0 Å². The molecule has 0 spiro atoms. The average Bonchev–Trinajstić information content (AvgIpc) is 3.54. The van der Waals surface area contributed by atoms with E-state index in [0.717, 1.165) is 6.42 Å². The number of hydrogen-bond acceptors (Lipinski definition) is 8. The van der Waals surface area contributed by atoms with Gasteiger partial charge in [0.15, 0.2) is 0 Å². The van der Waals surface area contributed by atoms with Gasteiger partial charge in [0, 0.05) is 47.2 Å². The monoisotopic (exact) mass is 500 g/mol. The summed E-state index contributed by atoms with van der Waals surface area (Å²) >= 11 is 0. The molecule has 2 aromatic carbocycles. The van der Waals surface area contributed by atoms with Gasteiger partial charge in [-0.05, 0) is 54.7 Å². The van der Waals surface area contributed by atoms with Crippen LogP contribution in [0.1, 0.15) is 27.1 Å². The molecule has 1 fully saturated rings. The van der Waals surface area contributed by atoms with Gasteiger partial charge in [-0.1, -0.05) is 12.2 Å². The lowest BCUT2D eigenvalue weighted by atomic mass is 9.74. The molecule has 0 heterocycles. The number of nitrogens with one attached hydrogen (secondary N) is 2. The summed E-state index contributed by atoms with van der Waals surface area (Å²) in [5, 5.41) is 30.3. The van der Waals surface area contributed by atoms with Crippen molar-refractivity contribution in [3.63, 3.8) is 0 Å². The first-order valence-electron chi connectivity index (χ1n) is 11.4. The highest BCUT2D eigenvalue weighted by atomic mass is 16.6. The van der Waals surface area contributed by atoms with Gasteiger partial charge >= 0.3 is 0 Å². The van der Waals surface area contributed by atoms with Crippen molar-refractivity contribution < 1.29 is 19.4 Å². The normalized spacial score (nSPS) is 25.2. The number of allylic oxidation sites excluding steroid dienone is 4. The first kappa shape index (κ1) is 23.7. The standard InChI is InChI=1S/C25H20N6O6/c32-24(14-3-7-18(8-4-14)30(34)35)28-26-20-11-12-21(23-17-2-1-16(13-17)22(20)23)27-29-25(33)15-5-9-19(10-6-15)31(36)37/h1-12,16-17,22-23H,13H2,(H,28,32)(H,29,33)/b26-20-,27-21-/t16-,17-,22+,23+/m0/s1. The first-order valence-corrected chi connectivity index (χ1v) is 11.4. The zero-order valence-electron chi connectivity index (χ0n) is 19.2. The van der Waals surface area contributed by atoms with E-state index in [2.05, 4.69) is 33.2 Å². The maximum Gasteiger partial charge on any atom is 0.271 e. The smallest absolute Gasteiger partial charge is 0.267 e. The molecule has 3 aliphatic carbocycles. The number of hydrazone groups is 2. The molecule has 5 rings (SSSR count). The van der Waals surface area contributed by atoms with Gasteiger partial charge in [0.05, 0.1) is 21.3 Å². The summed E-state index contributed by atoms with van der Waals surface area (Å²) < 4.78 is 0. The highest BCUT2D eigenvalue weighted by Crippen LogP contribution is 2.50. The van der Waals surface area contributed by atoms with Gasteiger partial charge in [0.1, 0.15) is 0 Å². The fourth-order valence-corrected chi connectivity index (χ4v) is 5.07. The highest BCUT2D eigenvalue weighted by Gasteiger charge is 2.49. The van der Waals surface area contributed by atoms with Crippen molar-refractivity contribution in [3.8, 4) is 0 Å². The maximum absolute atomic E-state index is 12.5. The third-order valence-corrected chi connectivity index (χ3v) is 6.82. The van der Waals surface area contributed by atoms with Crippen molar-refractivity contribution in [1.29, 1.82) is 0 Å². The molecule has 0 radical (unpaired) electrons. The van der Waals surface area contributed by atoms with Crippen LogP contribution in [0.15, 0.2) is 83.0 Å². The molecule has 1 saturated carbocycles. The summed E-state index contributed by atoms with van der Waals surface area (Å²) in [6.07, 6.45) is 8.67. The van der Waals surface area contributed by atoms with E-state index < -0.39 is 21.7 Å². The summed E-state index contributed by atoms with van der Waals surface area (Å²) in [4.78, 5) is 45.6. The van der Waals surface area contributed by atoms with Crippen LogP contribution in [0.5, 0.6) is 0 Å². The molecule has 2 aromatic rings. The minimum absolute atomic E-state index is 0.0350. The average molecular weight is 500 g/mol. The third kappa shape index (κ3) is 4.63. The van der Waals surface area contributed by atoms with Crippen LogP contribution in [0.2, 0.25) is 0 Å². The van der Waals surface area contributed by atoms with Crippen LogP contribution in [0.4, 0.5) is 11.4 Å². The van der Waals surface area contributed by atoms with Gasteiger partial charge in [-0.2, -0.15) is 10.2 Å². The first-order chi connectivity index (χ1) is 17.8. The Morgan fingerprint density at radius 2 is 1.08 bits per heavy atom. The Morgan fingerprint density at radius 3 is 1.43 bits per heavy atom. The number of non-ortho nitro benzene ring substituents is 2. The van der Waals surface area contributed by atoms with Gasteiger partial charge < -0.3 is 0 Å². The largest absolute Gasteiger partial charge is 0.271 e. The SMILES string of the molecule is O=C(N/N=C1C=C/C(=N/NC(=O)c2ccc([N+](=O)[O-])cc2)[C@@H]2[C@@H]/1[C@H]1C=C[C@H]2C1)c1ccc([N+](=O)[O-])cc1. The number of rotatable bonds is 6. The molecule has 186 valence electrons. The number of carbonyl (C=O) groups is 2. The molecule has 0 unspecified atom stereocenters. The van der Waals surface area contributed by atoms with E-state index in [9.17, 15) is 29.8 Å².